The number of hydrogen-bond donors (Lipinski definition) is 0. The zero-order valence-electron chi connectivity index (χ0n) is 19.1. The molecule has 0 heterocycles. The van der Waals surface area contributed by atoms with Gasteiger partial charge in [-0.1, -0.05) is 49.9 Å². The van der Waals surface area contributed by atoms with Crippen LogP contribution in [0.15, 0.2) is 94.8 Å². The zero-order chi connectivity index (χ0) is 24.1. The number of alkyl halides is 3. The number of rotatable bonds is 11. The number of allylic oxidation sites excluding steroid dienone is 7. The van der Waals surface area contributed by atoms with Crippen LogP contribution in [0.5, 0.6) is 0 Å². The highest BCUT2D eigenvalue weighted by Gasteiger charge is 2.41. The van der Waals surface area contributed by atoms with Gasteiger partial charge in [0.05, 0.1) is 20.0 Å². The van der Waals surface area contributed by atoms with Crippen molar-refractivity contribution in [2.24, 2.45) is 4.99 Å². The normalized spacial score (nSPS) is 14.6. The van der Waals surface area contributed by atoms with Gasteiger partial charge in [-0.2, -0.15) is 13.2 Å². The van der Waals surface area contributed by atoms with Crippen LogP contribution in [0, 0.1) is 0 Å². The van der Waals surface area contributed by atoms with Crippen molar-refractivity contribution < 1.29 is 27.4 Å². The predicted molar refractivity (Wildman–Crippen MR) is 122 cm³/mol. The molecule has 0 N–H and O–H groups in total. The Morgan fingerprint density at radius 3 is 2.22 bits per heavy atom. The molecule has 0 unspecified atom stereocenters. The molecule has 7 heteroatoms. The van der Waals surface area contributed by atoms with Crippen LogP contribution in [-0.4, -0.2) is 26.1 Å². The van der Waals surface area contributed by atoms with Gasteiger partial charge in [-0.05, 0) is 49.6 Å². The van der Waals surface area contributed by atoms with Crippen molar-refractivity contribution in [2.45, 2.75) is 40.0 Å². The van der Waals surface area contributed by atoms with Gasteiger partial charge in [0, 0.05) is 5.71 Å². The molecule has 4 nitrogen and oxygen atoms in total. The van der Waals surface area contributed by atoms with Crippen molar-refractivity contribution in [2.75, 3.05) is 14.2 Å². The maximum absolute atomic E-state index is 14.1. The molecule has 1 aromatic carbocycles. The third kappa shape index (κ3) is 8.49. The van der Waals surface area contributed by atoms with E-state index in [-0.39, 0.29) is 18.1 Å². The third-order valence-corrected chi connectivity index (χ3v) is 4.29. The first kappa shape index (κ1) is 26.8. The van der Waals surface area contributed by atoms with Gasteiger partial charge in [-0.3, -0.25) is 0 Å². The van der Waals surface area contributed by atoms with E-state index in [4.69, 9.17) is 14.2 Å². The first-order chi connectivity index (χ1) is 15.2. The average molecular weight is 450 g/mol. The Hall–Kier alpha value is -3.22. The fraction of sp³-hybridized carbons (Fsp3) is 0.320. The van der Waals surface area contributed by atoms with Crippen molar-refractivity contribution in [1.82, 2.24) is 0 Å². The van der Waals surface area contributed by atoms with Gasteiger partial charge in [0.15, 0.2) is 5.57 Å². The molecule has 0 aromatic heterocycles. The summed E-state index contributed by atoms with van der Waals surface area (Å²) in [5, 5.41) is 0. The Labute approximate surface area is 188 Å². The molecule has 0 amide bonds. The lowest BCUT2D eigenvalue weighted by Gasteiger charge is -2.19. The van der Waals surface area contributed by atoms with Gasteiger partial charge < -0.3 is 14.2 Å². The topological polar surface area (TPSA) is 40.0 Å². The lowest BCUT2D eigenvalue weighted by Crippen LogP contribution is -2.19. The Bertz CT molecular complexity index is 908. The third-order valence-electron chi connectivity index (χ3n) is 4.29. The van der Waals surface area contributed by atoms with Crippen LogP contribution in [-0.2, 0) is 20.8 Å². The number of aliphatic imine (C=N–C) groups is 1. The number of hydrogen-bond acceptors (Lipinski definition) is 4. The smallest absolute Gasteiger partial charge is 0.425 e. The Morgan fingerprint density at radius 2 is 1.72 bits per heavy atom. The van der Waals surface area contributed by atoms with E-state index in [0.717, 1.165) is 12.7 Å². The van der Waals surface area contributed by atoms with Crippen LogP contribution in [0.2, 0.25) is 0 Å². The molecule has 0 bridgehead atoms. The fourth-order valence-corrected chi connectivity index (χ4v) is 2.55. The standard InChI is InChI=1S/C25H30F3NO3/c1-7-12-22(32-17-20-13-10-9-11-14-20)23(25(26,27)28)24(31-6)29-19(4)21(8-2)16-15-18(3)30-5/h8-16H,2,7,17H2,1,3-6H3/b18-15+,21-16+,22-12-,24-23-,29-19+. The molecule has 0 saturated carbocycles. The fourth-order valence-electron chi connectivity index (χ4n) is 2.55. The van der Waals surface area contributed by atoms with E-state index in [1.54, 1.807) is 57.2 Å². The minimum absolute atomic E-state index is 0.0230. The molecule has 32 heavy (non-hydrogen) atoms. The van der Waals surface area contributed by atoms with E-state index in [1.807, 2.05) is 6.07 Å². The number of ether oxygens (including phenoxy) is 3. The van der Waals surface area contributed by atoms with Crippen LogP contribution in [0.4, 0.5) is 13.2 Å². The van der Waals surface area contributed by atoms with E-state index in [1.165, 1.54) is 19.3 Å². The van der Waals surface area contributed by atoms with E-state index < -0.39 is 17.6 Å². The molecular weight excluding hydrogens is 419 g/mol. The second kappa shape index (κ2) is 13.2. The van der Waals surface area contributed by atoms with Crippen LogP contribution < -0.4 is 0 Å². The maximum Gasteiger partial charge on any atom is 0.425 e. The Morgan fingerprint density at radius 1 is 1.06 bits per heavy atom. The van der Waals surface area contributed by atoms with Crippen molar-refractivity contribution in [3.8, 4) is 0 Å². The molecule has 0 fully saturated rings. The van der Waals surface area contributed by atoms with Gasteiger partial charge >= 0.3 is 6.18 Å². The summed E-state index contributed by atoms with van der Waals surface area (Å²) in [6.07, 6.45) is 1.76. The van der Waals surface area contributed by atoms with Gasteiger partial charge in [-0.25, -0.2) is 4.99 Å². The van der Waals surface area contributed by atoms with Crippen molar-refractivity contribution in [3.05, 3.63) is 95.3 Å². The molecule has 0 aliphatic heterocycles. The minimum atomic E-state index is -4.75. The molecule has 1 rings (SSSR count). The molecule has 0 spiro atoms. The zero-order valence-corrected chi connectivity index (χ0v) is 19.1. The van der Waals surface area contributed by atoms with Gasteiger partial charge in [0.2, 0.25) is 5.88 Å². The molecule has 0 aliphatic carbocycles. The van der Waals surface area contributed by atoms with Crippen LogP contribution >= 0.6 is 0 Å². The maximum atomic E-state index is 14.1. The lowest BCUT2D eigenvalue weighted by molar-refractivity contribution is -0.0977. The SMILES string of the molecule is C=CC(=C\C=C(/C)OC)/C(C)=N/C(OC)=C(\C(=C\CC)OCc1ccccc1)C(F)(F)F. The molecule has 0 aliphatic rings. The van der Waals surface area contributed by atoms with E-state index in [0.29, 0.717) is 17.8 Å². The van der Waals surface area contributed by atoms with Crippen molar-refractivity contribution in [1.29, 1.82) is 0 Å². The monoisotopic (exact) mass is 449 g/mol. The predicted octanol–water partition coefficient (Wildman–Crippen LogP) is 7.04. The molecular formula is C25H30F3NO3. The van der Waals surface area contributed by atoms with Crippen molar-refractivity contribution >= 4 is 5.71 Å². The Kier molecular flexibility index (Phi) is 11.1. The largest absolute Gasteiger partial charge is 0.501 e. The number of benzene rings is 1. The molecule has 1 aromatic rings. The molecule has 0 atom stereocenters. The summed E-state index contributed by atoms with van der Waals surface area (Å²) in [5.74, 6) is -0.308. The average Bonchev–Trinajstić information content (AvgIpc) is 2.76. The number of halogens is 3. The quantitative estimate of drug-likeness (QED) is 0.207. The Balaban J connectivity index is 3.50. The van der Waals surface area contributed by atoms with E-state index in [2.05, 4.69) is 11.6 Å². The highest BCUT2D eigenvalue weighted by atomic mass is 19.4. The van der Waals surface area contributed by atoms with Gasteiger partial charge in [0.25, 0.3) is 0 Å². The number of methoxy groups -OCH3 is 2. The summed E-state index contributed by atoms with van der Waals surface area (Å²) < 4.78 is 58.0. The summed E-state index contributed by atoms with van der Waals surface area (Å²) in [4.78, 5) is 4.12. The summed E-state index contributed by atoms with van der Waals surface area (Å²) in [6.45, 7) is 8.73. The van der Waals surface area contributed by atoms with Gasteiger partial charge in [0.1, 0.15) is 12.4 Å². The van der Waals surface area contributed by atoms with Crippen molar-refractivity contribution in [3.63, 3.8) is 0 Å². The first-order valence-electron chi connectivity index (χ1n) is 10.0. The summed E-state index contributed by atoms with van der Waals surface area (Å²) >= 11 is 0. The lowest BCUT2D eigenvalue weighted by atomic mass is 10.1. The molecule has 0 radical (unpaired) electrons. The van der Waals surface area contributed by atoms with E-state index >= 15 is 0 Å². The van der Waals surface area contributed by atoms with Crippen LogP contribution in [0.3, 0.4) is 0 Å². The second-order valence-electron chi connectivity index (χ2n) is 6.64. The minimum Gasteiger partial charge on any atom is -0.501 e. The molecule has 174 valence electrons. The van der Waals surface area contributed by atoms with E-state index in [9.17, 15) is 13.2 Å². The second-order valence-corrected chi connectivity index (χ2v) is 6.64. The van der Waals surface area contributed by atoms with Crippen LogP contribution in [0.25, 0.3) is 0 Å². The highest BCUT2D eigenvalue weighted by Crippen LogP contribution is 2.36. The first-order valence-corrected chi connectivity index (χ1v) is 10.0. The summed E-state index contributed by atoms with van der Waals surface area (Å²) in [7, 11) is 2.66. The highest BCUT2D eigenvalue weighted by molar-refractivity contribution is 6.01. The van der Waals surface area contributed by atoms with Gasteiger partial charge in [-0.15, -0.1) is 0 Å². The number of nitrogens with zero attached hydrogens (tertiary/aromatic N) is 1. The molecule has 0 saturated heterocycles. The summed E-state index contributed by atoms with van der Waals surface area (Å²) in [6, 6.07) is 8.95. The summed E-state index contributed by atoms with van der Waals surface area (Å²) in [5.41, 5.74) is 0.470. The van der Waals surface area contributed by atoms with Crippen LogP contribution in [0.1, 0.15) is 32.8 Å².